The summed E-state index contributed by atoms with van der Waals surface area (Å²) < 4.78 is 0. The third-order valence-corrected chi connectivity index (χ3v) is 2.41. The first kappa shape index (κ1) is 11.0. The van der Waals surface area contributed by atoms with E-state index in [0.717, 1.165) is 12.0 Å². The van der Waals surface area contributed by atoms with Crippen molar-refractivity contribution in [3.63, 3.8) is 0 Å². The molecule has 0 aromatic carbocycles. The van der Waals surface area contributed by atoms with Crippen LogP contribution in [0, 0.1) is 0 Å². The summed E-state index contributed by atoms with van der Waals surface area (Å²) in [5, 5.41) is 0. The highest BCUT2D eigenvalue weighted by Crippen LogP contribution is 2.10. The summed E-state index contributed by atoms with van der Waals surface area (Å²) in [5.41, 5.74) is 3.69. The van der Waals surface area contributed by atoms with Crippen molar-refractivity contribution in [3.8, 4) is 0 Å². The number of hydrogen-bond acceptors (Lipinski definition) is 1. The third kappa shape index (κ3) is 3.76. The fourth-order valence-corrected chi connectivity index (χ4v) is 1.53. The van der Waals surface area contributed by atoms with Crippen LogP contribution in [0.25, 0.3) is 0 Å². The molecule has 0 radical (unpaired) electrons. The molecule has 1 rings (SSSR count). The molecule has 0 aromatic heterocycles. The highest BCUT2D eigenvalue weighted by atomic mass is 16.1. The van der Waals surface area contributed by atoms with Gasteiger partial charge in [0.25, 0.3) is 0 Å². The lowest BCUT2D eigenvalue weighted by Gasteiger charge is -1.99. The minimum absolute atomic E-state index is 0.242. The van der Waals surface area contributed by atoms with E-state index >= 15 is 0 Å². The molecule has 1 aliphatic carbocycles. The van der Waals surface area contributed by atoms with Crippen molar-refractivity contribution in [2.75, 3.05) is 0 Å². The zero-order valence-electron chi connectivity index (χ0n) is 8.88. The number of ketones is 1. The first-order chi connectivity index (χ1) is 6.84. The Morgan fingerprint density at radius 3 is 2.71 bits per heavy atom. The van der Waals surface area contributed by atoms with Crippen LogP contribution in [0.2, 0.25) is 0 Å². The van der Waals surface area contributed by atoms with E-state index in [2.05, 4.69) is 12.7 Å². The fraction of sp³-hybridized carbons (Fsp3) is 0.538. The van der Waals surface area contributed by atoms with E-state index in [1.165, 1.54) is 25.7 Å². The average molecular weight is 190 g/mol. The molecule has 14 heavy (non-hydrogen) atoms. The maximum absolute atomic E-state index is 11.5. The fourth-order valence-electron chi connectivity index (χ4n) is 1.53. The lowest BCUT2D eigenvalue weighted by Crippen LogP contribution is -1.98. The van der Waals surface area contributed by atoms with Gasteiger partial charge in [-0.3, -0.25) is 4.79 Å². The van der Waals surface area contributed by atoms with Crippen LogP contribution in [-0.2, 0) is 4.79 Å². The van der Waals surface area contributed by atoms with E-state index < -0.39 is 0 Å². The van der Waals surface area contributed by atoms with Crippen LogP contribution in [0.15, 0.2) is 29.5 Å². The van der Waals surface area contributed by atoms with Gasteiger partial charge in [-0.2, -0.15) is 0 Å². The van der Waals surface area contributed by atoms with E-state index in [9.17, 15) is 4.79 Å². The summed E-state index contributed by atoms with van der Waals surface area (Å²) in [6.45, 7) is 2.20. The number of rotatable bonds is 7. The largest absolute Gasteiger partial charge is 0.293 e. The van der Waals surface area contributed by atoms with Gasteiger partial charge < -0.3 is 0 Å². The van der Waals surface area contributed by atoms with E-state index in [0.29, 0.717) is 6.42 Å². The molecule has 0 unspecified atom stereocenters. The smallest absolute Gasteiger partial charge is 0.170 e. The van der Waals surface area contributed by atoms with Crippen molar-refractivity contribution in [2.24, 2.45) is 0 Å². The topological polar surface area (TPSA) is 17.1 Å². The number of carbonyl (C=O) groups excluding carboxylic acids is 1. The van der Waals surface area contributed by atoms with Crippen molar-refractivity contribution in [3.05, 3.63) is 29.5 Å². The maximum Gasteiger partial charge on any atom is 0.170 e. The summed E-state index contributed by atoms with van der Waals surface area (Å²) >= 11 is 0. The van der Waals surface area contributed by atoms with Crippen molar-refractivity contribution in [2.45, 2.75) is 45.4 Å². The number of unbranched alkanes of at least 4 members (excludes halogenated alkanes) is 4. The Hall–Kier alpha value is -1.07. The first-order valence-corrected chi connectivity index (χ1v) is 5.51. The first-order valence-electron chi connectivity index (χ1n) is 5.51. The van der Waals surface area contributed by atoms with Crippen LogP contribution < -0.4 is 0 Å². The van der Waals surface area contributed by atoms with Crippen LogP contribution in [0.1, 0.15) is 45.4 Å². The van der Waals surface area contributed by atoms with E-state index in [4.69, 9.17) is 0 Å². The van der Waals surface area contributed by atoms with Crippen molar-refractivity contribution in [1.82, 2.24) is 0 Å². The van der Waals surface area contributed by atoms with E-state index in [-0.39, 0.29) is 5.78 Å². The molecule has 1 aliphatic rings. The second-order valence-corrected chi connectivity index (χ2v) is 3.67. The minimum atomic E-state index is 0.242. The van der Waals surface area contributed by atoms with Crippen molar-refractivity contribution >= 4 is 5.78 Å². The molecule has 0 fully saturated rings. The number of allylic oxidation sites excluding steroid dienone is 3. The van der Waals surface area contributed by atoms with Crippen molar-refractivity contribution < 1.29 is 4.79 Å². The second kappa shape index (κ2) is 6.39. The van der Waals surface area contributed by atoms with Crippen LogP contribution >= 0.6 is 0 Å². The SMILES string of the molecule is CCCCCCCC(=O)C1=C=CC=C1. The summed E-state index contributed by atoms with van der Waals surface area (Å²) in [6.07, 6.45) is 12.2. The second-order valence-electron chi connectivity index (χ2n) is 3.67. The molecule has 0 saturated carbocycles. The highest BCUT2D eigenvalue weighted by molar-refractivity contribution is 5.98. The maximum atomic E-state index is 11.5. The Bertz CT molecular complexity index is 278. The Morgan fingerprint density at radius 1 is 1.29 bits per heavy atom. The molecule has 0 saturated heterocycles. The monoisotopic (exact) mass is 190 g/mol. The Morgan fingerprint density at radius 2 is 2.07 bits per heavy atom. The zero-order valence-corrected chi connectivity index (χ0v) is 8.88. The summed E-state index contributed by atoms with van der Waals surface area (Å²) in [4.78, 5) is 11.5. The molecule has 0 N–H and O–H groups in total. The van der Waals surface area contributed by atoms with E-state index in [1.807, 2.05) is 12.2 Å². The Labute approximate surface area is 86.2 Å². The summed E-state index contributed by atoms with van der Waals surface area (Å²) in [5.74, 6) is 0.242. The van der Waals surface area contributed by atoms with Crippen LogP contribution in [0.5, 0.6) is 0 Å². The van der Waals surface area contributed by atoms with E-state index in [1.54, 1.807) is 6.08 Å². The van der Waals surface area contributed by atoms with Gasteiger partial charge in [0.2, 0.25) is 0 Å². The molecule has 0 aliphatic heterocycles. The Kier molecular flexibility index (Phi) is 5.03. The average Bonchev–Trinajstić information content (AvgIpc) is 2.70. The van der Waals surface area contributed by atoms with Gasteiger partial charge in [-0.25, -0.2) is 0 Å². The molecular formula is C13H18O. The van der Waals surface area contributed by atoms with Gasteiger partial charge in [0.05, 0.1) is 5.57 Å². The van der Waals surface area contributed by atoms with Crippen molar-refractivity contribution in [1.29, 1.82) is 0 Å². The zero-order chi connectivity index (χ0) is 10.2. The predicted octanol–water partition coefficient (Wildman–Crippen LogP) is 3.57. The van der Waals surface area contributed by atoms with Gasteiger partial charge in [0.1, 0.15) is 0 Å². The molecule has 1 heteroatoms. The quantitative estimate of drug-likeness (QED) is 0.443. The van der Waals surface area contributed by atoms with Crippen LogP contribution in [-0.4, -0.2) is 5.78 Å². The van der Waals surface area contributed by atoms with Gasteiger partial charge in [-0.05, 0) is 18.6 Å². The number of hydrogen-bond donors (Lipinski definition) is 0. The van der Waals surface area contributed by atoms with Crippen LogP contribution in [0.3, 0.4) is 0 Å². The molecule has 0 heterocycles. The standard InChI is InChI=1S/C13H18O/c1-2-3-4-5-6-11-13(14)12-9-7-8-10-12/h7-9H,2-6,11H2,1H3. The van der Waals surface area contributed by atoms with Gasteiger partial charge >= 0.3 is 0 Å². The summed E-state index contributed by atoms with van der Waals surface area (Å²) in [6, 6.07) is 0. The molecule has 1 nitrogen and oxygen atoms in total. The van der Waals surface area contributed by atoms with Gasteiger partial charge in [-0.1, -0.05) is 38.7 Å². The molecule has 0 amide bonds. The molecular weight excluding hydrogens is 172 g/mol. The van der Waals surface area contributed by atoms with Crippen LogP contribution in [0.4, 0.5) is 0 Å². The summed E-state index contributed by atoms with van der Waals surface area (Å²) in [7, 11) is 0. The Balaban J connectivity index is 2.10. The number of carbonyl (C=O) groups is 1. The molecule has 76 valence electrons. The molecule has 0 bridgehead atoms. The van der Waals surface area contributed by atoms with Gasteiger partial charge in [0, 0.05) is 6.42 Å². The predicted molar refractivity (Wildman–Crippen MR) is 59.1 cm³/mol. The van der Waals surface area contributed by atoms with Gasteiger partial charge in [-0.15, -0.1) is 5.73 Å². The third-order valence-electron chi connectivity index (χ3n) is 2.41. The lowest BCUT2D eigenvalue weighted by atomic mass is 10.1. The number of Topliss-reactive ketones (excluding diaryl/α,β-unsaturated/α-hetero) is 1. The lowest BCUT2D eigenvalue weighted by molar-refractivity contribution is -0.115. The minimum Gasteiger partial charge on any atom is -0.293 e. The normalized spacial score (nSPS) is 13.4. The van der Waals surface area contributed by atoms with Gasteiger partial charge in [0.15, 0.2) is 5.78 Å². The highest BCUT2D eigenvalue weighted by Gasteiger charge is 2.06. The molecule has 0 spiro atoms. The molecule has 0 atom stereocenters. The molecule has 0 aromatic rings.